The molecule has 92 valence electrons. The van der Waals surface area contributed by atoms with Crippen molar-refractivity contribution in [3.05, 3.63) is 35.4 Å². The minimum Gasteiger partial charge on any atom is -0.354 e. The van der Waals surface area contributed by atoms with Crippen molar-refractivity contribution >= 4 is 0 Å². The fourth-order valence-corrected chi connectivity index (χ4v) is 3.69. The van der Waals surface area contributed by atoms with E-state index in [-0.39, 0.29) is 0 Å². The fourth-order valence-electron chi connectivity index (χ4n) is 3.69. The Kier molecular flexibility index (Phi) is 2.93. The topological polar surface area (TPSA) is 27.6 Å². The third kappa shape index (κ3) is 2.12. The first-order chi connectivity index (χ1) is 8.31. The highest BCUT2D eigenvalue weighted by molar-refractivity contribution is 5.25. The van der Waals surface area contributed by atoms with Crippen LogP contribution in [-0.4, -0.2) is 24.1 Å². The van der Waals surface area contributed by atoms with Gasteiger partial charge in [-0.1, -0.05) is 24.3 Å². The molecule has 0 atom stereocenters. The molecule has 1 aromatic rings. The number of quaternary nitrogens is 2. The Morgan fingerprint density at radius 3 is 2.18 bits per heavy atom. The normalized spacial score (nSPS) is 31.7. The molecule has 2 bridgehead atoms. The first kappa shape index (κ1) is 11.2. The molecule has 3 aliphatic rings. The molecule has 3 heterocycles. The van der Waals surface area contributed by atoms with Crippen molar-refractivity contribution in [2.24, 2.45) is 5.92 Å². The van der Waals surface area contributed by atoms with Crippen LogP contribution in [0.3, 0.4) is 0 Å². The molecule has 0 radical (unpaired) electrons. The van der Waals surface area contributed by atoms with Gasteiger partial charge in [0.2, 0.25) is 0 Å². The summed E-state index contributed by atoms with van der Waals surface area (Å²) in [5.41, 5.74) is 7.06. The van der Waals surface area contributed by atoms with Gasteiger partial charge in [0.05, 0.1) is 19.6 Å². The summed E-state index contributed by atoms with van der Waals surface area (Å²) in [6, 6.07) is 8.89. The molecule has 0 amide bonds. The number of hydrogen-bond donors (Lipinski definition) is 1. The summed E-state index contributed by atoms with van der Waals surface area (Å²) in [4.78, 5) is 0. The lowest BCUT2D eigenvalue weighted by Crippen LogP contribution is -2.57. The molecule has 0 spiro atoms. The minimum absolute atomic E-state index is 0.929. The molecular formula is C15H24N2+2. The lowest BCUT2D eigenvalue weighted by molar-refractivity contribution is -0.955. The molecule has 0 saturated carbocycles. The maximum Gasteiger partial charge on any atom is 0.105 e. The number of hydrogen-bond acceptors (Lipinski definition) is 0. The Hall–Kier alpha value is -0.860. The van der Waals surface area contributed by atoms with Crippen LogP contribution >= 0.6 is 0 Å². The predicted molar refractivity (Wildman–Crippen MR) is 68.9 cm³/mol. The average molecular weight is 232 g/mol. The van der Waals surface area contributed by atoms with Crippen molar-refractivity contribution in [2.75, 3.05) is 19.6 Å². The summed E-state index contributed by atoms with van der Waals surface area (Å²) >= 11 is 0. The van der Waals surface area contributed by atoms with Crippen LogP contribution in [0.4, 0.5) is 0 Å². The summed E-state index contributed by atoms with van der Waals surface area (Å²) in [6.07, 6.45) is 4.39. The van der Waals surface area contributed by atoms with Gasteiger partial charge in [-0.25, -0.2) is 0 Å². The quantitative estimate of drug-likeness (QED) is 0.766. The molecule has 3 aliphatic heterocycles. The summed E-state index contributed by atoms with van der Waals surface area (Å²) in [5, 5.41) is 0. The third-order valence-corrected chi connectivity index (χ3v) is 4.93. The molecule has 3 fully saturated rings. The molecule has 4 rings (SSSR count). The van der Waals surface area contributed by atoms with Crippen molar-refractivity contribution in [2.45, 2.75) is 32.4 Å². The van der Waals surface area contributed by atoms with E-state index in [0.29, 0.717) is 0 Å². The Morgan fingerprint density at radius 2 is 1.59 bits per heavy atom. The standard InChI is InChI=1S/C15H23N2/c16-11-14-3-1-2-4-15(14)12-17-8-5-13(6-9-17)7-10-17/h1-4,13H,5-12,16H2/q+1/p+1. The van der Waals surface area contributed by atoms with Crippen LogP contribution in [0.2, 0.25) is 0 Å². The van der Waals surface area contributed by atoms with Gasteiger partial charge in [0, 0.05) is 11.1 Å². The van der Waals surface area contributed by atoms with Gasteiger partial charge in [-0.3, -0.25) is 0 Å². The maximum atomic E-state index is 4.06. The number of fused-ring (bicyclic) bond motifs is 3. The lowest BCUT2D eigenvalue weighted by Gasteiger charge is -2.49. The smallest absolute Gasteiger partial charge is 0.105 e. The molecule has 2 nitrogen and oxygen atoms in total. The number of benzene rings is 1. The van der Waals surface area contributed by atoms with E-state index in [4.69, 9.17) is 0 Å². The van der Waals surface area contributed by atoms with E-state index < -0.39 is 0 Å². The number of piperidine rings is 3. The van der Waals surface area contributed by atoms with Crippen LogP contribution in [0.15, 0.2) is 24.3 Å². The van der Waals surface area contributed by atoms with Gasteiger partial charge >= 0.3 is 0 Å². The summed E-state index contributed by atoms with van der Waals surface area (Å²) in [5.74, 6) is 1.05. The van der Waals surface area contributed by atoms with Gasteiger partial charge < -0.3 is 10.2 Å². The van der Waals surface area contributed by atoms with Crippen LogP contribution in [-0.2, 0) is 13.1 Å². The van der Waals surface area contributed by atoms with Crippen LogP contribution in [0.1, 0.15) is 30.4 Å². The zero-order valence-corrected chi connectivity index (χ0v) is 10.7. The van der Waals surface area contributed by atoms with E-state index in [2.05, 4.69) is 30.0 Å². The average Bonchev–Trinajstić information content (AvgIpc) is 2.41. The number of nitrogens with zero attached hydrogens (tertiary/aromatic N) is 1. The first-order valence-corrected chi connectivity index (χ1v) is 7.02. The van der Waals surface area contributed by atoms with E-state index in [1.165, 1.54) is 55.5 Å². The van der Waals surface area contributed by atoms with Gasteiger partial charge in [-0.15, -0.1) is 0 Å². The van der Waals surface area contributed by atoms with E-state index in [1.807, 2.05) is 0 Å². The zero-order valence-electron chi connectivity index (χ0n) is 10.7. The van der Waals surface area contributed by atoms with Gasteiger partial charge in [0.25, 0.3) is 0 Å². The Morgan fingerprint density at radius 1 is 1.00 bits per heavy atom. The molecule has 3 N–H and O–H groups in total. The maximum absolute atomic E-state index is 4.06. The highest BCUT2D eigenvalue weighted by atomic mass is 15.4. The highest BCUT2D eigenvalue weighted by Crippen LogP contribution is 2.35. The Balaban J connectivity index is 1.81. The summed E-state index contributed by atoms with van der Waals surface area (Å²) in [6.45, 7) is 6.42. The number of rotatable bonds is 3. The lowest BCUT2D eigenvalue weighted by atomic mass is 9.85. The van der Waals surface area contributed by atoms with E-state index in [1.54, 1.807) is 5.56 Å². The fraction of sp³-hybridized carbons (Fsp3) is 0.600. The Bertz CT molecular complexity index is 378. The largest absolute Gasteiger partial charge is 0.354 e. The molecule has 2 heteroatoms. The third-order valence-electron chi connectivity index (χ3n) is 4.93. The molecular weight excluding hydrogens is 208 g/mol. The van der Waals surface area contributed by atoms with Crippen LogP contribution in [0, 0.1) is 5.92 Å². The second-order valence-corrected chi connectivity index (χ2v) is 5.92. The minimum atomic E-state index is 0.929. The van der Waals surface area contributed by atoms with Crippen molar-refractivity contribution in [3.8, 4) is 0 Å². The molecule has 0 aliphatic carbocycles. The van der Waals surface area contributed by atoms with Crippen molar-refractivity contribution in [1.82, 2.24) is 0 Å². The SMILES string of the molecule is [NH3+]Cc1ccccc1C[N+]12CCC(CC1)CC2. The molecule has 1 aromatic carbocycles. The van der Waals surface area contributed by atoms with E-state index >= 15 is 0 Å². The van der Waals surface area contributed by atoms with Crippen molar-refractivity contribution < 1.29 is 10.2 Å². The monoisotopic (exact) mass is 232 g/mol. The predicted octanol–water partition coefficient (Wildman–Crippen LogP) is 1.56. The highest BCUT2D eigenvalue weighted by Gasteiger charge is 2.39. The van der Waals surface area contributed by atoms with Crippen molar-refractivity contribution in [3.63, 3.8) is 0 Å². The molecule has 17 heavy (non-hydrogen) atoms. The Labute approximate surface area is 104 Å². The molecule has 0 unspecified atom stereocenters. The van der Waals surface area contributed by atoms with Gasteiger partial charge in [-0.05, 0) is 25.2 Å². The van der Waals surface area contributed by atoms with E-state index in [9.17, 15) is 0 Å². The van der Waals surface area contributed by atoms with Gasteiger partial charge in [-0.2, -0.15) is 0 Å². The second-order valence-electron chi connectivity index (χ2n) is 5.92. The molecule has 0 aromatic heterocycles. The van der Waals surface area contributed by atoms with Crippen LogP contribution in [0.25, 0.3) is 0 Å². The van der Waals surface area contributed by atoms with Gasteiger partial charge in [0.1, 0.15) is 13.1 Å². The summed E-state index contributed by atoms with van der Waals surface area (Å²) in [7, 11) is 0. The zero-order chi connectivity index (χ0) is 11.7. The van der Waals surface area contributed by atoms with Gasteiger partial charge in [0.15, 0.2) is 0 Å². The first-order valence-electron chi connectivity index (χ1n) is 7.02. The van der Waals surface area contributed by atoms with Crippen molar-refractivity contribution in [1.29, 1.82) is 0 Å². The second kappa shape index (κ2) is 4.43. The summed E-state index contributed by atoms with van der Waals surface area (Å²) < 4.78 is 1.35. The van der Waals surface area contributed by atoms with E-state index in [0.717, 1.165) is 12.5 Å². The molecule has 3 saturated heterocycles. The van der Waals surface area contributed by atoms with Crippen LogP contribution in [0.5, 0.6) is 0 Å². The van der Waals surface area contributed by atoms with Crippen LogP contribution < -0.4 is 5.73 Å².